The van der Waals surface area contributed by atoms with Gasteiger partial charge in [-0.05, 0) is 6.42 Å². The van der Waals surface area contributed by atoms with Gasteiger partial charge in [-0.25, -0.2) is 4.79 Å². The lowest BCUT2D eigenvalue weighted by Gasteiger charge is -2.23. The average Bonchev–Trinajstić information content (AvgIpc) is 1.86. The highest BCUT2D eigenvalue weighted by molar-refractivity contribution is 5.76. The first-order valence-electron chi connectivity index (χ1n) is 3.17. The van der Waals surface area contributed by atoms with Gasteiger partial charge < -0.3 is 10.2 Å². The summed E-state index contributed by atoms with van der Waals surface area (Å²) in [6.45, 7) is 3.36. The van der Waals surface area contributed by atoms with Gasteiger partial charge in [0.15, 0.2) is 0 Å². The summed E-state index contributed by atoms with van der Waals surface area (Å²) in [5.74, 6) is -1.80. The van der Waals surface area contributed by atoms with Gasteiger partial charge in [-0.2, -0.15) is 0 Å². The predicted octanol–water partition coefficient (Wildman–Crippen LogP) is -0.236. The van der Waals surface area contributed by atoms with Crippen molar-refractivity contribution in [1.29, 1.82) is 0 Å². The second-order valence-electron chi connectivity index (χ2n) is 2.44. The van der Waals surface area contributed by atoms with Crippen LogP contribution in [0.25, 0.3) is 0 Å². The molecule has 2 atom stereocenters. The van der Waals surface area contributed by atoms with E-state index in [2.05, 4.69) is 0 Å². The van der Waals surface area contributed by atoms with E-state index in [9.17, 15) is 4.79 Å². The summed E-state index contributed by atoms with van der Waals surface area (Å²) in [5.41, 5.74) is 2.99. The highest BCUT2D eigenvalue weighted by Crippen LogP contribution is 2.14. The summed E-state index contributed by atoms with van der Waals surface area (Å²) in [6.07, 6.45) is 0.541. The highest BCUT2D eigenvalue weighted by atomic mass is 16.4. The van der Waals surface area contributed by atoms with Crippen LogP contribution in [0.4, 0.5) is 0 Å². The second-order valence-corrected chi connectivity index (χ2v) is 2.44. The fraction of sp³-hybridized carbons (Fsp3) is 0.833. The van der Waals surface area contributed by atoms with E-state index in [1.54, 1.807) is 13.8 Å². The molecule has 0 heterocycles. The molecule has 0 aromatic rings. The molecule has 4 N–H and O–H groups in total. The number of hydrogen-bond acceptors (Lipinski definition) is 3. The molecule has 0 amide bonds. The molecule has 0 aliphatic carbocycles. The van der Waals surface area contributed by atoms with E-state index in [1.807, 2.05) is 0 Å². The Morgan fingerprint density at radius 3 is 2.30 bits per heavy atom. The summed E-state index contributed by atoms with van der Waals surface area (Å²) in [7, 11) is 0. The van der Waals surface area contributed by atoms with Crippen LogP contribution in [-0.2, 0) is 4.79 Å². The van der Waals surface area contributed by atoms with E-state index in [1.165, 1.54) is 0 Å². The number of hydrogen-bond donors (Lipinski definition) is 3. The number of aliphatic carboxylic acids is 1. The lowest BCUT2D eigenvalue weighted by atomic mass is 9.96. The van der Waals surface area contributed by atoms with Crippen molar-refractivity contribution in [2.75, 3.05) is 0 Å². The van der Waals surface area contributed by atoms with Gasteiger partial charge in [-0.15, -0.1) is 0 Å². The van der Waals surface area contributed by atoms with Gasteiger partial charge in [-0.3, -0.25) is 5.73 Å². The molecule has 0 aromatic carbocycles. The fourth-order valence-corrected chi connectivity index (χ4v) is 0.522. The van der Waals surface area contributed by atoms with Crippen LogP contribution in [-0.4, -0.2) is 21.9 Å². The van der Waals surface area contributed by atoms with Crippen molar-refractivity contribution < 1.29 is 15.0 Å². The van der Waals surface area contributed by atoms with Gasteiger partial charge in [0, 0.05) is 5.92 Å². The normalized spacial score (nSPS) is 19.6. The van der Waals surface area contributed by atoms with Gasteiger partial charge in [-0.1, -0.05) is 13.8 Å². The largest absolute Gasteiger partial charge is 0.478 e. The van der Waals surface area contributed by atoms with Crippen LogP contribution >= 0.6 is 0 Å². The van der Waals surface area contributed by atoms with Crippen molar-refractivity contribution in [3.8, 4) is 0 Å². The van der Waals surface area contributed by atoms with Gasteiger partial charge in [0.1, 0.15) is 0 Å². The number of carboxylic acid groups (broad SMARTS) is 1. The smallest absolute Gasteiger partial charge is 0.351 e. The third-order valence-corrected chi connectivity index (χ3v) is 1.71. The fourth-order valence-electron chi connectivity index (χ4n) is 0.522. The Kier molecular flexibility index (Phi) is 2.80. The monoisotopic (exact) mass is 147 g/mol. The first-order valence-corrected chi connectivity index (χ1v) is 3.17. The van der Waals surface area contributed by atoms with E-state index in [-0.39, 0.29) is 0 Å². The lowest BCUT2D eigenvalue weighted by Crippen LogP contribution is -2.53. The van der Waals surface area contributed by atoms with Crippen LogP contribution in [0.5, 0.6) is 0 Å². The van der Waals surface area contributed by atoms with E-state index in [0.29, 0.717) is 6.42 Å². The quantitative estimate of drug-likeness (QED) is 0.481. The van der Waals surface area contributed by atoms with Crippen molar-refractivity contribution in [1.82, 2.24) is 0 Å². The molecular formula is C6H13NO3. The maximum absolute atomic E-state index is 10.2. The molecule has 4 heteroatoms. The average molecular weight is 147 g/mol. The molecule has 0 aliphatic heterocycles. The Hall–Kier alpha value is -0.610. The number of rotatable bonds is 3. The van der Waals surface area contributed by atoms with Crippen molar-refractivity contribution in [2.24, 2.45) is 11.7 Å². The maximum Gasteiger partial charge on any atom is 0.351 e. The summed E-state index contributed by atoms with van der Waals surface area (Å²) >= 11 is 0. The molecule has 0 saturated heterocycles. The zero-order valence-electron chi connectivity index (χ0n) is 6.16. The standard InChI is InChI=1S/C6H13NO3/c1-3-4(2)6(7,10)5(8)9/h4,10H,3,7H2,1-2H3,(H,8,9)/t4-,6-/m0/s1. The summed E-state index contributed by atoms with van der Waals surface area (Å²) in [6, 6.07) is 0. The van der Waals surface area contributed by atoms with Crippen molar-refractivity contribution in [3.05, 3.63) is 0 Å². The Bertz CT molecular complexity index is 133. The lowest BCUT2D eigenvalue weighted by molar-refractivity contribution is -0.163. The molecule has 0 fully saturated rings. The second kappa shape index (κ2) is 2.98. The van der Waals surface area contributed by atoms with Crippen molar-refractivity contribution >= 4 is 5.97 Å². The van der Waals surface area contributed by atoms with Crippen LogP contribution in [0.2, 0.25) is 0 Å². The SMILES string of the molecule is CC[C@H](C)[C@](N)(O)C(=O)O. The minimum absolute atomic E-state index is 0.426. The highest BCUT2D eigenvalue weighted by Gasteiger charge is 2.36. The molecule has 0 radical (unpaired) electrons. The summed E-state index contributed by atoms with van der Waals surface area (Å²) < 4.78 is 0. The van der Waals surface area contributed by atoms with E-state index < -0.39 is 17.6 Å². The Labute approximate surface area is 59.7 Å². The van der Waals surface area contributed by atoms with Crippen LogP contribution in [0.15, 0.2) is 0 Å². The zero-order chi connectivity index (χ0) is 8.36. The molecule has 10 heavy (non-hydrogen) atoms. The van der Waals surface area contributed by atoms with Gasteiger partial charge in [0.05, 0.1) is 0 Å². The minimum Gasteiger partial charge on any atom is -0.478 e. The topological polar surface area (TPSA) is 83.5 Å². The Morgan fingerprint density at radius 1 is 1.80 bits per heavy atom. The number of carbonyl (C=O) groups is 1. The van der Waals surface area contributed by atoms with Gasteiger partial charge >= 0.3 is 5.97 Å². The van der Waals surface area contributed by atoms with E-state index in [4.69, 9.17) is 15.9 Å². The third kappa shape index (κ3) is 1.68. The van der Waals surface area contributed by atoms with Gasteiger partial charge in [0.2, 0.25) is 5.72 Å². The first kappa shape index (κ1) is 9.39. The van der Waals surface area contributed by atoms with Crippen molar-refractivity contribution in [3.63, 3.8) is 0 Å². The Morgan fingerprint density at radius 2 is 2.20 bits per heavy atom. The maximum atomic E-state index is 10.2. The summed E-state index contributed by atoms with van der Waals surface area (Å²) in [5, 5.41) is 17.4. The van der Waals surface area contributed by atoms with Crippen LogP contribution < -0.4 is 5.73 Å². The predicted molar refractivity (Wildman–Crippen MR) is 36.2 cm³/mol. The molecule has 0 aliphatic rings. The number of aliphatic hydroxyl groups is 1. The van der Waals surface area contributed by atoms with E-state index in [0.717, 1.165) is 0 Å². The van der Waals surface area contributed by atoms with Crippen LogP contribution in [0.3, 0.4) is 0 Å². The molecule has 4 nitrogen and oxygen atoms in total. The third-order valence-electron chi connectivity index (χ3n) is 1.71. The minimum atomic E-state index is -2.07. The molecule has 0 aromatic heterocycles. The number of nitrogens with two attached hydrogens (primary N) is 1. The molecular weight excluding hydrogens is 134 g/mol. The van der Waals surface area contributed by atoms with Crippen molar-refractivity contribution in [2.45, 2.75) is 26.0 Å². The molecule has 0 rings (SSSR count). The van der Waals surface area contributed by atoms with Crippen LogP contribution in [0.1, 0.15) is 20.3 Å². The molecule has 0 unspecified atom stereocenters. The zero-order valence-corrected chi connectivity index (χ0v) is 6.16. The molecule has 0 bridgehead atoms. The van der Waals surface area contributed by atoms with Gasteiger partial charge in [0.25, 0.3) is 0 Å². The summed E-state index contributed by atoms with van der Waals surface area (Å²) in [4.78, 5) is 10.2. The number of carboxylic acids is 1. The van der Waals surface area contributed by atoms with E-state index >= 15 is 0 Å². The molecule has 0 spiro atoms. The first-order chi connectivity index (χ1) is 4.42. The van der Waals surface area contributed by atoms with Crippen LogP contribution in [0, 0.1) is 5.92 Å². The Balaban J connectivity index is 4.23. The molecule has 60 valence electrons. The molecule has 0 saturated carbocycles.